The van der Waals surface area contributed by atoms with Crippen LogP contribution in [-0.2, 0) is 4.74 Å². The van der Waals surface area contributed by atoms with E-state index >= 15 is 0 Å². The number of hydrogen-bond donors (Lipinski definition) is 1. The SMILES string of the molecule is C[C@H](CC1CC1)NC[C@@H]1CCO[C@H]1c1ccc(F)cc1. The molecule has 3 atom stereocenters. The minimum absolute atomic E-state index is 0.122. The topological polar surface area (TPSA) is 21.3 Å². The Bertz CT molecular complexity index is 429. The highest BCUT2D eigenvalue weighted by atomic mass is 19.1. The number of rotatable bonds is 6. The molecule has 3 heteroatoms. The first-order chi connectivity index (χ1) is 9.72. The summed E-state index contributed by atoms with van der Waals surface area (Å²) in [5, 5.41) is 3.65. The highest BCUT2D eigenvalue weighted by molar-refractivity contribution is 5.20. The van der Waals surface area contributed by atoms with E-state index in [1.54, 1.807) is 0 Å². The zero-order chi connectivity index (χ0) is 13.9. The molecule has 1 saturated heterocycles. The van der Waals surface area contributed by atoms with Gasteiger partial charge >= 0.3 is 0 Å². The predicted octanol–water partition coefficient (Wildman–Crippen LogP) is 3.68. The van der Waals surface area contributed by atoms with Gasteiger partial charge in [-0.25, -0.2) is 4.39 Å². The van der Waals surface area contributed by atoms with Gasteiger partial charge in [-0.1, -0.05) is 25.0 Å². The summed E-state index contributed by atoms with van der Waals surface area (Å²) in [5.41, 5.74) is 1.10. The van der Waals surface area contributed by atoms with Crippen LogP contribution in [0.1, 0.15) is 44.3 Å². The van der Waals surface area contributed by atoms with Crippen molar-refractivity contribution < 1.29 is 9.13 Å². The van der Waals surface area contributed by atoms with Crippen LogP contribution in [0.25, 0.3) is 0 Å². The Balaban J connectivity index is 1.53. The summed E-state index contributed by atoms with van der Waals surface area (Å²) in [6, 6.07) is 7.35. The Morgan fingerprint density at radius 1 is 1.25 bits per heavy atom. The number of benzene rings is 1. The van der Waals surface area contributed by atoms with Crippen LogP contribution in [0, 0.1) is 17.7 Å². The van der Waals surface area contributed by atoms with Gasteiger partial charge in [-0.2, -0.15) is 0 Å². The van der Waals surface area contributed by atoms with Crippen molar-refractivity contribution >= 4 is 0 Å². The minimum Gasteiger partial charge on any atom is -0.373 e. The minimum atomic E-state index is -0.181. The molecule has 1 saturated carbocycles. The summed E-state index contributed by atoms with van der Waals surface area (Å²) in [6.45, 7) is 4.09. The molecule has 2 nitrogen and oxygen atoms in total. The molecule has 2 fully saturated rings. The molecule has 20 heavy (non-hydrogen) atoms. The monoisotopic (exact) mass is 277 g/mol. The van der Waals surface area contributed by atoms with E-state index in [1.807, 2.05) is 12.1 Å². The first-order valence-corrected chi connectivity index (χ1v) is 7.83. The number of hydrogen-bond acceptors (Lipinski definition) is 2. The summed E-state index contributed by atoms with van der Waals surface area (Å²) < 4.78 is 18.9. The van der Waals surface area contributed by atoms with Crippen LogP contribution in [0.5, 0.6) is 0 Å². The second-order valence-electron chi connectivity index (χ2n) is 6.38. The van der Waals surface area contributed by atoms with Crippen molar-refractivity contribution in [3.8, 4) is 0 Å². The number of nitrogens with one attached hydrogen (secondary N) is 1. The van der Waals surface area contributed by atoms with E-state index in [0.29, 0.717) is 12.0 Å². The average molecular weight is 277 g/mol. The normalized spacial score (nSPS) is 27.7. The van der Waals surface area contributed by atoms with E-state index < -0.39 is 0 Å². The first kappa shape index (κ1) is 14.0. The van der Waals surface area contributed by atoms with E-state index in [0.717, 1.165) is 31.1 Å². The molecule has 1 N–H and O–H groups in total. The van der Waals surface area contributed by atoms with Gasteiger partial charge in [0.15, 0.2) is 0 Å². The Kier molecular flexibility index (Phi) is 4.37. The van der Waals surface area contributed by atoms with Gasteiger partial charge in [0.25, 0.3) is 0 Å². The lowest BCUT2D eigenvalue weighted by molar-refractivity contribution is 0.0897. The molecular weight excluding hydrogens is 253 g/mol. The van der Waals surface area contributed by atoms with Crippen LogP contribution in [0.4, 0.5) is 4.39 Å². The zero-order valence-corrected chi connectivity index (χ0v) is 12.1. The maximum Gasteiger partial charge on any atom is 0.123 e. The second kappa shape index (κ2) is 6.23. The molecule has 0 bridgehead atoms. The van der Waals surface area contributed by atoms with Crippen molar-refractivity contribution in [1.29, 1.82) is 0 Å². The van der Waals surface area contributed by atoms with Gasteiger partial charge in [-0.3, -0.25) is 0 Å². The third-order valence-corrected chi connectivity index (χ3v) is 4.53. The van der Waals surface area contributed by atoms with E-state index in [9.17, 15) is 4.39 Å². The van der Waals surface area contributed by atoms with Crippen LogP contribution < -0.4 is 5.32 Å². The summed E-state index contributed by atoms with van der Waals surface area (Å²) >= 11 is 0. The van der Waals surface area contributed by atoms with Gasteiger partial charge in [0.1, 0.15) is 5.82 Å². The Morgan fingerprint density at radius 2 is 2.00 bits per heavy atom. The van der Waals surface area contributed by atoms with Crippen molar-refractivity contribution in [1.82, 2.24) is 5.32 Å². The predicted molar refractivity (Wildman–Crippen MR) is 78.0 cm³/mol. The molecule has 1 aliphatic heterocycles. The average Bonchev–Trinajstić information content (AvgIpc) is 3.13. The van der Waals surface area contributed by atoms with E-state index in [1.165, 1.54) is 31.4 Å². The van der Waals surface area contributed by atoms with Gasteiger partial charge in [-0.15, -0.1) is 0 Å². The van der Waals surface area contributed by atoms with Crippen LogP contribution in [0.15, 0.2) is 24.3 Å². The van der Waals surface area contributed by atoms with Crippen LogP contribution in [-0.4, -0.2) is 19.2 Å². The highest BCUT2D eigenvalue weighted by Gasteiger charge is 2.30. The van der Waals surface area contributed by atoms with E-state index in [2.05, 4.69) is 12.2 Å². The molecule has 2 aliphatic rings. The lowest BCUT2D eigenvalue weighted by atomic mass is 9.95. The summed E-state index contributed by atoms with van der Waals surface area (Å²) in [6.07, 6.45) is 5.34. The Morgan fingerprint density at radius 3 is 2.70 bits per heavy atom. The molecule has 1 heterocycles. The largest absolute Gasteiger partial charge is 0.373 e. The summed E-state index contributed by atoms with van der Waals surface area (Å²) in [5.74, 6) is 1.28. The molecule has 0 radical (unpaired) electrons. The van der Waals surface area contributed by atoms with Crippen molar-refractivity contribution in [3.63, 3.8) is 0 Å². The molecule has 3 rings (SSSR count). The van der Waals surface area contributed by atoms with Crippen molar-refractivity contribution in [3.05, 3.63) is 35.6 Å². The second-order valence-corrected chi connectivity index (χ2v) is 6.38. The molecule has 1 aliphatic carbocycles. The van der Waals surface area contributed by atoms with Gasteiger partial charge in [0, 0.05) is 25.1 Å². The van der Waals surface area contributed by atoms with Gasteiger partial charge in [0.2, 0.25) is 0 Å². The molecule has 1 aromatic rings. The van der Waals surface area contributed by atoms with Crippen molar-refractivity contribution in [2.45, 2.75) is 44.8 Å². The lowest BCUT2D eigenvalue weighted by Crippen LogP contribution is -2.32. The first-order valence-electron chi connectivity index (χ1n) is 7.83. The summed E-state index contributed by atoms with van der Waals surface area (Å²) in [7, 11) is 0. The van der Waals surface area contributed by atoms with E-state index in [-0.39, 0.29) is 11.9 Å². The maximum atomic E-state index is 13.0. The van der Waals surface area contributed by atoms with Gasteiger partial charge in [0.05, 0.1) is 6.10 Å². The standard InChI is InChI=1S/C17H24FNO/c1-12(10-13-2-3-13)19-11-15-8-9-20-17(15)14-4-6-16(18)7-5-14/h4-7,12-13,15,17,19H,2-3,8-11H2,1H3/t12-,15+,17+/m1/s1. The molecule has 0 aromatic heterocycles. The fourth-order valence-electron chi connectivity index (χ4n) is 3.15. The molecule has 0 spiro atoms. The molecule has 0 amide bonds. The van der Waals surface area contributed by atoms with Crippen molar-refractivity contribution in [2.24, 2.45) is 11.8 Å². The van der Waals surface area contributed by atoms with Crippen LogP contribution in [0.2, 0.25) is 0 Å². The summed E-state index contributed by atoms with van der Waals surface area (Å²) in [4.78, 5) is 0. The Labute approximate surface area is 120 Å². The fraction of sp³-hybridized carbons (Fsp3) is 0.647. The maximum absolute atomic E-state index is 13.0. The molecule has 110 valence electrons. The number of ether oxygens (including phenoxy) is 1. The zero-order valence-electron chi connectivity index (χ0n) is 12.1. The van der Waals surface area contributed by atoms with Gasteiger partial charge < -0.3 is 10.1 Å². The highest BCUT2D eigenvalue weighted by Crippen LogP contribution is 2.35. The quantitative estimate of drug-likeness (QED) is 0.856. The third kappa shape index (κ3) is 3.58. The number of halogens is 1. The van der Waals surface area contributed by atoms with E-state index in [4.69, 9.17) is 4.74 Å². The smallest absolute Gasteiger partial charge is 0.123 e. The molecule has 1 aromatic carbocycles. The lowest BCUT2D eigenvalue weighted by Gasteiger charge is -2.22. The third-order valence-electron chi connectivity index (χ3n) is 4.53. The Hall–Kier alpha value is -0.930. The molecular formula is C17H24FNO. The van der Waals surface area contributed by atoms with Crippen LogP contribution in [0.3, 0.4) is 0 Å². The fourth-order valence-corrected chi connectivity index (χ4v) is 3.15. The van der Waals surface area contributed by atoms with Crippen molar-refractivity contribution in [2.75, 3.05) is 13.2 Å². The molecule has 0 unspecified atom stereocenters. The van der Waals surface area contributed by atoms with Crippen LogP contribution >= 0.6 is 0 Å². The van der Waals surface area contributed by atoms with Gasteiger partial charge in [-0.05, 0) is 43.4 Å².